The molecular weight excluding hydrogens is 1270 g/mol. The van der Waals surface area contributed by atoms with Crippen LogP contribution < -0.4 is 5.32 Å². The second kappa shape index (κ2) is 70.9. The fourth-order valence-electron chi connectivity index (χ4n) is 14.4. The number of unbranched alkanes of at least 4 members (excludes halogenated alkanes) is 55. The molecule has 14 heteroatoms. The van der Waals surface area contributed by atoms with E-state index in [1.165, 1.54) is 327 Å². The SMILES string of the molecule is CCCCCCC/C=C\C/C=C\C/C=C\CCCCCCCCCCCCCCCCCCCCCCCCC(=O)NC(COC1OC(CO)C(OC2OC(CO)C(O)C(O)C2O)C(O)C1O)C(O)/C=C/CCCCCCCCCCCCCCCCCCCCCCCCCCCCCC. The number of carbonyl (C=O) groups excluding carboxylic acids is 1. The summed E-state index contributed by atoms with van der Waals surface area (Å²) in [5.74, 6) is -0.231. The summed E-state index contributed by atoms with van der Waals surface area (Å²) in [6, 6.07) is -0.916. The van der Waals surface area contributed by atoms with Crippen molar-refractivity contribution in [2.45, 2.75) is 479 Å². The molecule has 0 spiro atoms. The van der Waals surface area contributed by atoms with Crippen molar-refractivity contribution < 1.29 is 64.6 Å². The van der Waals surface area contributed by atoms with Gasteiger partial charge in [-0.1, -0.05) is 390 Å². The second-order valence-electron chi connectivity index (χ2n) is 30.7. The lowest BCUT2D eigenvalue weighted by Crippen LogP contribution is -2.65. The minimum absolute atomic E-state index is 0.231. The standard InChI is InChI=1S/C87H163NO13/c1-3-5-7-9-11-13-15-17-19-21-23-25-27-29-31-33-35-36-37-38-39-40-41-43-45-47-49-51-53-55-57-59-61-63-65-67-69-71-79(92)88-75(74-98-86-84(97)82(95)85(78(73-90)100-86)101-87-83(96)81(94)80(93)77(72-89)99-87)76(91)70-68-66-64-62-60-58-56-54-52-50-48-46-44-42-34-32-30-28-26-24-22-20-18-16-14-12-10-8-6-4-2/h15,17,21,23,27,29,68,70,75-78,80-87,89-91,93-97H,3-14,16,18-20,22,24-26,28,30-67,69,71-74H2,1-2H3,(H,88,92)/b17-15-,23-21-,29-27-,70-68+. The van der Waals surface area contributed by atoms with Crippen molar-refractivity contribution in [3.05, 3.63) is 48.6 Å². The van der Waals surface area contributed by atoms with Gasteiger partial charge in [0, 0.05) is 6.42 Å². The predicted molar refractivity (Wildman–Crippen MR) is 420 cm³/mol. The van der Waals surface area contributed by atoms with Crippen LogP contribution in [-0.2, 0) is 23.7 Å². The number of nitrogens with one attached hydrogen (secondary N) is 1. The summed E-state index contributed by atoms with van der Waals surface area (Å²) in [4.78, 5) is 13.4. The van der Waals surface area contributed by atoms with Crippen LogP contribution in [-0.4, -0.2) is 140 Å². The molecule has 0 aromatic heterocycles. The average molecular weight is 1430 g/mol. The molecule has 2 aliphatic rings. The average Bonchev–Trinajstić information content (AvgIpc) is 0.792. The summed E-state index contributed by atoms with van der Waals surface area (Å²) in [7, 11) is 0. The number of carbonyl (C=O) groups is 1. The topological polar surface area (TPSA) is 228 Å². The van der Waals surface area contributed by atoms with E-state index in [9.17, 15) is 45.6 Å². The van der Waals surface area contributed by atoms with E-state index < -0.39 is 86.8 Å². The summed E-state index contributed by atoms with van der Waals surface area (Å²) < 4.78 is 23.0. The summed E-state index contributed by atoms with van der Waals surface area (Å²) in [6.07, 6.45) is 79.3. The van der Waals surface area contributed by atoms with Crippen molar-refractivity contribution in [1.29, 1.82) is 0 Å². The Bertz CT molecular complexity index is 1880. The minimum Gasteiger partial charge on any atom is -0.394 e. The molecule has 0 bridgehead atoms. The van der Waals surface area contributed by atoms with Gasteiger partial charge in [-0.25, -0.2) is 0 Å². The molecule has 12 unspecified atom stereocenters. The van der Waals surface area contributed by atoms with Gasteiger partial charge in [0.2, 0.25) is 5.91 Å². The molecule has 9 N–H and O–H groups in total. The molecule has 594 valence electrons. The third-order valence-electron chi connectivity index (χ3n) is 21.3. The fourth-order valence-corrected chi connectivity index (χ4v) is 14.4. The Morgan fingerprint density at radius 2 is 0.653 bits per heavy atom. The first kappa shape index (κ1) is 95.0. The number of ether oxygens (including phenoxy) is 4. The lowest BCUT2D eigenvalue weighted by Gasteiger charge is -2.46. The highest BCUT2D eigenvalue weighted by Crippen LogP contribution is 2.31. The summed E-state index contributed by atoms with van der Waals surface area (Å²) in [6.45, 7) is 2.86. The van der Waals surface area contributed by atoms with Gasteiger partial charge < -0.3 is 65.1 Å². The summed E-state index contributed by atoms with van der Waals surface area (Å²) >= 11 is 0. The summed E-state index contributed by atoms with van der Waals surface area (Å²) in [5, 5.41) is 87.8. The molecule has 2 rings (SSSR count). The van der Waals surface area contributed by atoms with E-state index in [0.717, 1.165) is 51.4 Å². The van der Waals surface area contributed by atoms with Gasteiger partial charge in [0.1, 0.15) is 48.8 Å². The van der Waals surface area contributed by atoms with Crippen LogP contribution in [0.3, 0.4) is 0 Å². The highest BCUT2D eigenvalue weighted by Gasteiger charge is 2.51. The molecule has 0 aliphatic carbocycles. The van der Waals surface area contributed by atoms with Crippen LogP contribution in [0.4, 0.5) is 0 Å². The fraction of sp³-hybridized carbons (Fsp3) is 0.897. The maximum Gasteiger partial charge on any atom is 0.220 e. The third-order valence-corrected chi connectivity index (χ3v) is 21.3. The normalized spacial score (nSPS) is 21.9. The van der Waals surface area contributed by atoms with Crippen LogP contribution in [0.2, 0.25) is 0 Å². The number of allylic oxidation sites excluding steroid dienone is 7. The number of hydrogen-bond acceptors (Lipinski definition) is 13. The van der Waals surface area contributed by atoms with E-state index in [1.807, 2.05) is 6.08 Å². The van der Waals surface area contributed by atoms with Gasteiger partial charge in [-0.2, -0.15) is 0 Å². The molecule has 2 fully saturated rings. The molecular formula is C87H163NO13. The number of rotatable bonds is 74. The molecule has 0 aromatic carbocycles. The molecule has 0 radical (unpaired) electrons. The van der Waals surface area contributed by atoms with Crippen molar-refractivity contribution in [3.8, 4) is 0 Å². The molecule has 0 saturated carbocycles. The van der Waals surface area contributed by atoms with E-state index in [0.29, 0.717) is 6.42 Å². The Balaban J connectivity index is 1.58. The molecule has 2 saturated heterocycles. The van der Waals surface area contributed by atoms with Crippen LogP contribution in [0.15, 0.2) is 48.6 Å². The molecule has 1 amide bonds. The van der Waals surface area contributed by atoms with E-state index >= 15 is 0 Å². The molecule has 12 atom stereocenters. The van der Waals surface area contributed by atoms with E-state index in [1.54, 1.807) is 6.08 Å². The van der Waals surface area contributed by atoms with E-state index in [4.69, 9.17) is 18.9 Å². The lowest BCUT2D eigenvalue weighted by molar-refractivity contribution is -0.359. The van der Waals surface area contributed by atoms with Gasteiger partial charge in [0.05, 0.1) is 32.0 Å². The smallest absolute Gasteiger partial charge is 0.220 e. The maximum atomic E-state index is 13.4. The first-order chi connectivity index (χ1) is 49.6. The van der Waals surface area contributed by atoms with Crippen LogP contribution in [0, 0.1) is 0 Å². The third kappa shape index (κ3) is 53.4. The number of aliphatic hydroxyl groups excluding tert-OH is 8. The van der Waals surface area contributed by atoms with Crippen molar-refractivity contribution >= 4 is 5.91 Å². The van der Waals surface area contributed by atoms with Crippen LogP contribution >= 0.6 is 0 Å². The van der Waals surface area contributed by atoms with Gasteiger partial charge in [-0.05, 0) is 57.8 Å². The van der Waals surface area contributed by atoms with Crippen LogP contribution in [0.5, 0.6) is 0 Å². The predicted octanol–water partition coefficient (Wildman–Crippen LogP) is 20.5. The zero-order valence-electron chi connectivity index (χ0n) is 65.4. The highest BCUT2D eigenvalue weighted by molar-refractivity contribution is 5.76. The maximum absolute atomic E-state index is 13.4. The van der Waals surface area contributed by atoms with Crippen molar-refractivity contribution in [2.75, 3.05) is 19.8 Å². The molecule has 0 aromatic rings. The van der Waals surface area contributed by atoms with Gasteiger partial charge in [0.15, 0.2) is 12.6 Å². The molecule has 2 heterocycles. The molecule has 2 aliphatic heterocycles. The minimum atomic E-state index is -1.79. The van der Waals surface area contributed by atoms with Gasteiger partial charge in [0.25, 0.3) is 0 Å². The van der Waals surface area contributed by atoms with Gasteiger partial charge >= 0.3 is 0 Å². The summed E-state index contributed by atoms with van der Waals surface area (Å²) in [5.41, 5.74) is 0. The Labute approximate surface area is 620 Å². The number of amides is 1. The Morgan fingerprint density at radius 3 is 1.00 bits per heavy atom. The monoisotopic (exact) mass is 1430 g/mol. The molecule has 101 heavy (non-hydrogen) atoms. The Kier molecular flexibility index (Phi) is 66.7. The van der Waals surface area contributed by atoms with Crippen molar-refractivity contribution in [1.82, 2.24) is 5.32 Å². The van der Waals surface area contributed by atoms with Crippen LogP contribution in [0.1, 0.15) is 406 Å². The van der Waals surface area contributed by atoms with Gasteiger partial charge in [-0.3, -0.25) is 4.79 Å². The largest absolute Gasteiger partial charge is 0.394 e. The van der Waals surface area contributed by atoms with Gasteiger partial charge in [-0.15, -0.1) is 0 Å². The van der Waals surface area contributed by atoms with Crippen LogP contribution in [0.25, 0.3) is 0 Å². The van der Waals surface area contributed by atoms with Crippen molar-refractivity contribution in [3.63, 3.8) is 0 Å². The first-order valence-electron chi connectivity index (χ1n) is 43.4. The highest BCUT2D eigenvalue weighted by atomic mass is 16.7. The lowest BCUT2D eigenvalue weighted by atomic mass is 9.97. The quantitative estimate of drug-likeness (QED) is 0.0204. The first-order valence-corrected chi connectivity index (χ1v) is 43.4. The zero-order chi connectivity index (χ0) is 73.0. The zero-order valence-corrected chi connectivity index (χ0v) is 65.4. The second-order valence-corrected chi connectivity index (χ2v) is 30.7. The number of hydrogen-bond donors (Lipinski definition) is 9. The van der Waals surface area contributed by atoms with Crippen molar-refractivity contribution in [2.24, 2.45) is 0 Å². The molecule has 14 nitrogen and oxygen atoms in total. The Morgan fingerprint density at radius 1 is 0.356 bits per heavy atom. The van der Waals surface area contributed by atoms with E-state index in [-0.39, 0.29) is 18.9 Å². The Hall–Kier alpha value is -2.05. The number of aliphatic hydroxyl groups is 8. The van der Waals surface area contributed by atoms with E-state index in [2.05, 4.69) is 55.6 Å².